The number of anilines is 1. The van der Waals surface area contributed by atoms with Gasteiger partial charge in [-0.3, -0.25) is 10.1 Å². The molecule has 0 aromatic carbocycles. The number of aromatic nitrogens is 6. The molecule has 8 heteroatoms. The molecular formula is C10H9N7O. The number of nitrogens with one attached hydrogen (secondary N) is 2. The van der Waals surface area contributed by atoms with Crippen molar-refractivity contribution in [2.45, 2.75) is 6.42 Å². The van der Waals surface area contributed by atoms with Crippen molar-refractivity contribution in [2.24, 2.45) is 0 Å². The number of H-pyrrole nitrogens is 1. The molecule has 0 radical (unpaired) electrons. The molecule has 0 aliphatic carbocycles. The van der Waals surface area contributed by atoms with Crippen molar-refractivity contribution < 1.29 is 4.79 Å². The van der Waals surface area contributed by atoms with Gasteiger partial charge in [-0.25, -0.2) is 4.98 Å². The minimum absolute atomic E-state index is 0.156. The summed E-state index contributed by atoms with van der Waals surface area (Å²) >= 11 is 0. The van der Waals surface area contributed by atoms with Crippen LogP contribution in [-0.2, 0) is 11.2 Å². The number of aromatic amines is 1. The van der Waals surface area contributed by atoms with Crippen molar-refractivity contribution in [1.82, 2.24) is 30.0 Å². The molecule has 8 nitrogen and oxygen atoms in total. The van der Waals surface area contributed by atoms with E-state index in [2.05, 4.69) is 30.9 Å². The lowest BCUT2D eigenvalue weighted by Gasteiger charge is -1.96. The minimum atomic E-state index is -0.236. The molecule has 3 aromatic heterocycles. The van der Waals surface area contributed by atoms with Crippen LogP contribution < -0.4 is 5.32 Å². The van der Waals surface area contributed by atoms with Gasteiger partial charge in [0.1, 0.15) is 5.65 Å². The van der Waals surface area contributed by atoms with Crippen molar-refractivity contribution in [3.05, 3.63) is 36.3 Å². The van der Waals surface area contributed by atoms with E-state index in [0.29, 0.717) is 5.69 Å². The average Bonchev–Trinajstić information content (AvgIpc) is 2.96. The van der Waals surface area contributed by atoms with Crippen LogP contribution in [0, 0.1) is 0 Å². The van der Waals surface area contributed by atoms with Gasteiger partial charge < -0.3 is 4.40 Å². The molecule has 0 fully saturated rings. The Kier molecular flexibility index (Phi) is 2.45. The molecule has 0 spiro atoms. The molecule has 3 aromatic rings. The van der Waals surface area contributed by atoms with E-state index in [9.17, 15) is 4.79 Å². The Morgan fingerprint density at radius 3 is 3.17 bits per heavy atom. The average molecular weight is 243 g/mol. The topological polar surface area (TPSA) is 101 Å². The zero-order valence-electron chi connectivity index (χ0n) is 9.24. The van der Waals surface area contributed by atoms with Crippen molar-refractivity contribution in [3.8, 4) is 0 Å². The lowest BCUT2D eigenvalue weighted by Crippen LogP contribution is -2.15. The smallest absolute Gasteiger partial charge is 0.269 e. The van der Waals surface area contributed by atoms with Crippen molar-refractivity contribution in [2.75, 3.05) is 5.32 Å². The highest BCUT2D eigenvalue weighted by atomic mass is 16.1. The van der Waals surface area contributed by atoms with Gasteiger partial charge in [-0.15, -0.1) is 5.10 Å². The molecule has 18 heavy (non-hydrogen) atoms. The minimum Gasteiger partial charge on any atom is -0.307 e. The van der Waals surface area contributed by atoms with Gasteiger partial charge >= 0.3 is 0 Å². The maximum absolute atomic E-state index is 11.7. The molecule has 0 aliphatic rings. The van der Waals surface area contributed by atoms with Gasteiger partial charge in [-0.05, 0) is 17.3 Å². The molecule has 0 saturated heterocycles. The number of pyridine rings is 1. The van der Waals surface area contributed by atoms with Crippen LogP contribution in [-0.4, -0.2) is 35.9 Å². The quantitative estimate of drug-likeness (QED) is 0.675. The summed E-state index contributed by atoms with van der Waals surface area (Å²) in [6.45, 7) is 0. The lowest BCUT2D eigenvalue weighted by atomic mass is 10.3. The van der Waals surface area contributed by atoms with Gasteiger partial charge in [0.25, 0.3) is 5.95 Å². The Hall–Kier alpha value is -2.77. The summed E-state index contributed by atoms with van der Waals surface area (Å²) in [5.74, 6) is -0.0800. The number of carbonyl (C=O) groups excluding carboxylic acids is 1. The Labute approximate surface area is 101 Å². The standard InChI is InChI=1S/C10H9N7O/c18-9(12-10-13-15-16-14-10)5-7-6-17-4-2-1-3-8(17)11-7/h1-4,6H,5H2,(H2,12,13,14,15,16,18). The van der Waals surface area contributed by atoms with Gasteiger partial charge in [-0.1, -0.05) is 11.2 Å². The van der Waals surface area contributed by atoms with E-state index >= 15 is 0 Å². The maximum atomic E-state index is 11.7. The highest BCUT2D eigenvalue weighted by Crippen LogP contribution is 2.05. The number of rotatable bonds is 3. The third kappa shape index (κ3) is 2.03. The summed E-state index contributed by atoms with van der Waals surface area (Å²) in [6, 6.07) is 5.67. The van der Waals surface area contributed by atoms with Crippen LogP contribution in [0.1, 0.15) is 5.69 Å². The third-order valence-corrected chi connectivity index (χ3v) is 2.35. The fourth-order valence-corrected chi connectivity index (χ4v) is 1.62. The summed E-state index contributed by atoms with van der Waals surface area (Å²) in [4.78, 5) is 16.0. The number of nitrogens with zero attached hydrogens (tertiary/aromatic N) is 5. The highest BCUT2D eigenvalue weighted by molar-refractivity contribution is 5.90. The Bertz CT molecular complexity index is 639. The molecule has 1 amide bonds. The monoisotopic (exact) mass is 243 g/mol. The van der Waals surface area contributed by atoms with E-state index in [0.717, 1.165) is 5.65 Å². The van der Waals surface area contributed by atoms with Crippen molar-refractivity contribution in [3.63, 3.8) is 0 Å². The summed E-state index contributed by atoms with van der Waals surface area (Å²) in [7, 11) is 0. The fraction of sp³-hybridized carbons (Fsp3) is 0.100. The largest absolute Gasteiger partial charge is 0.307 e. The van der Waals surface area contributed by atoms with Crippen LogP contribution in [0.15, 0.2) is 30.6 Å². The molecule has 0 unspecified atom stereocenters. The number of imidazole rings is 1. The van der Waals surface area contributed by atoms with Crippen LogP contribution in [0.3, 0.4) is 0 Å². The molecule has 0 atom stereocenters. The Morgan fingerprint density at radius 2 is 2.39 bits per heavy atom. The molecule has 3 rings (SSSR count). The van der Waals surface area contributed by atoms with E-state index in [1.54, 1.807) is 0 Å². The summed E-state index contributed by atoms with van der Waals surface area (Å²) in [6.07, 6.45) is 3.85. The number of fused-ring (bicyclic) bond motifs is 1. The van der Waals surface area contributed by atoms with Gasteiger partial charge in [0.2, 0.25) is 5.91 Å². The predicted octanol–water partition coefficient (Wildman–Crippen LogP) is 0.0286. The summed E-state index contributed by atoms with van der Waals surface area (Å²) < 4.78 is 1.86. The van der Waals surface area contributed by atoms with Gasteiger partial charge in [0.15, 0.2) is 0 Å². The first-order chi connectivity index (χ1) is 8.81. The fourth-order valence-electron chi connectivity index (χ4n) is 1.62. The number of hydrogen-bond donors (Lipinski definition) is 2. The van der Waals surface area contributed by atoms with Crippen LogP contribution in [0.4, 0.5) is 5.95 Å². The van der Waals surface area contributed by atoms with E-state index in [-0.39, 0.29) is 18.3 Å². The molecule has 2 N–H and O–H groups in total. The van der Waals surface area contributed by atoms with E-state index in [1.807, 2.05) is 35.0 Å². The number of amides is 1. The maximum Gasteiger partial charge on any atom is 0.269 e. The van der Waals surface area contributed by atoms with Crippen LogP contribution >= 0.6 is 0 Å². The third-order valence-electron chi connectivity index (χ3n) is 2.35. The molecule has 3 heterocycles. The van der Waals surface area contributed by atoms with Crippen LogP contribution in [0.5, 0.6) is 0 Å². The predicted molar refractivity (Wildman–Crippen MR) is 61.7 cm³/mol. The Morgan fingerprint density at radius 1 is 1.44 bits per heavy atom. The van der Waals surface area contributed by atoms with Crippen LogP contribution in [0.25, 0.3) is 5.65 Å². The van der Waals surface area contributed by atoms with Gasteiger partial charge in [0.05, 0.1) is 12.1 Å². The number of hydrogen-bond acceptors (Lipinski definition) is 5. The summed E-state index contributed by atoms with van der Waals surface area (Å²) in [5, 5.41) is 15.4. The normalized spacial score (nSPS) is 10.7. The first-order valence-corrected chi connectivity index (χ1v) is 5.27. The second-order valence-electron chi connectivity index (χ2n) is 3.66. The molecule has 0 saturated carbocycles. The lowest BCUT2D eigenvalue weighted by molar-refractivity contribution is -0.115. The van der Waals surface area contributed by atoms with Gasteiger partial charge in [-0.2, -0.15) is 5.21 Å². The van der Waals surface area contributed by atoms with Crippen molar-refractivity contribution >= 4 is 17.5 Å². The second kappa shape index (κ2) is 4.24. The first kappa shape index (κ1) is 10.4. The van der Waals surface area contributed by atoms with Gasteiger partial charge in [0, 0.05) is 12.4 Å². The second-order valence-corrected chi connectivity index (χ2v) is 3.66. The SMILES string of the molecule is O=C(Cc1cn2ccccc2n1)Nc1nn[nH]n1. The van der Waals surface area contributed by atoms with Crippen molar-refractivity contribution in [1.29, 1.82) is 0 Å². The van der Waals surface area contributed by atoms with Crippen LogP contribution in [0.2, 0.25) is 0 Å². The Balaban J connectivity index is 1.74. The number of carbonyl (C=O) groups is 1. The van der Waals surface area contributed by atoms with E-state index in [4.69, 9.17) is 0 Å². The van der Waals surface area contributed by atoms with E-state index < -0.39 is 0 Å². The summed E-state index contributed by atoms with van der Waals surface area (Å²) in [5.41, 5.74) is 1.49. The molecular weight excluding hydrogens is 234 g/mol. The molecule has 0 bridgehead atoms. The first-order valence-electron chi connectivity index (χ1n) is 5.27. The molecule has 0 aliphatic heterocycles. The zero-order valence-corrected chi connectivity index (χ0v) is 9.24. The van der Waals surface area contributed by atoms with E-state index in [1.165, 1.54) is 0 Å². The zero-order chi connectivity index (χ0) is 12.4. The highest BCUT2D eigenvalue weighted by Gasteiger charge is 2.09. The molecule has 90 valence electrons. The number of tetrazole rings is 1.